The number of aliphatic hydroxyl groups is 1. The van der Waals surface area contributed by atoms with Crippen LogP contribution in [-0.4, -0.2) is 5.11 Å². The zero-order chi connectivity index (χ0) is 8.27. The predicted octanol–water partition coefficient (Wildman–Crippen LogP) is 1.96. The van der Waals surface area contributed by atoms with Crippen LogP contribution in [0.25, 0.3) is 6.08 Å². The lowest BCUT2D eigenvalue weighted by Crippen LogP contribution is -1.88. The molecule has 0 aliphatic rings. The molecule has 0 saturated heterocycles. The van der Waals surface area contributed by atoms with Gasteiger partial charge in [-0.3, -0.25) is 0 Å². The molecule has 11 heavy (non-hydrogen) atoms. The van der Waals surface area contributed by atoms with Crippen molar-refractivity contribution in [1.82, 2.24) is 0 Å². The quantitative estimate of drug-likeness (QED) is 0.686. The van der Waals surface area contributed by atoms with E-state index in [1.807, 2.05) is 0 Å². The Hall–Kier alpha value is -1.15. The zero-order valence-electron chi connectivity index (χ0n) is 6.05. The first kappa shape index (κ1) is 7.95. The van der Waals surface area contributed by atoms with Gasteiger partial charge in [-0.2, -0.15) is 0 Å². The Balaban J connectivity index is 3.16. The zero-order valence-corrected chi connectivity index (χ0v) is 6.05. The Morgan fingerprint density at radius 1 is 1.55 bits per heavy atom. The smallest absolute Gasteiger partial charge is 0.123 e. The molecule has 1 nitrogen and oxygen atoms in total. The standard InChI is InChI=1S/C9H9FO/c1-2-7-5-9(10)4-3-8(7)6-11/h2-5,11H,1,6H2. The van der Waals surface area contributed by atoms with E-state index in [0.717, 1.165) is 0 Å². The fourth-order valence-electron chi connectivity index (χ4n) is 0.900. The second-order valence-corrected chi connectivity index (χ2v) is 2.21. The first-order valence-electron chi connectivity index (χ1n) is 3.29. The Bertz CT molecular complexity index is 268. The fraction of sp³-hybridized carbons (Fsp3) is 0.111. The van der Waals surface area contributed by atoms with E-state index in [1.54, 1.807) is 6.07 Å². The molecule has 0 unspecified atom stereocenters. The normalized spacial score (nSPS) is 9.64. The van der Waals surface area contributed by atoms with E-state index >= 15 is 0 Å². The maximum atomic E-state index is 12.5. The van der Waals surface area contributed by atoms with Crippen LogP contribution < -0.4 is 0 Å². The SMILES string of the molecule is C=Cc1cc(F)ccc1CO. The van der Waals surface area contributed by atoms with Crippen molar-refractivity contribution in [1.29, 1.82) is 0 Å². The second-order valence-electron chi connectivity index (χ2n) is 2.21. The monoisotopic (exact) mass is 152 g/mol. The first-order chi connectivity index (χ1) is 5.27. The Morgan fingerprint density at radius 3 is 2.82 bits per heavy atom. The van der Waals surface area contributed by atoms with Gasteiger partial charge in [-0.1, -0.05) is 18.7 Å². The van der Waals surface area contributed by atoms with Gasteiger partial charge >= 0.3 is 0 Å². The van der Waals surface area contributed by atoms with Gasteiger partial charge in [-0.05, 0) is 23.3 Å². The van der Waals surface area contributed by atoms with Crippen LogP contribution in [0.15, 0.2) is 24.8 Å². The van der Waals surface area contributed by atoms with Gasteiger partial charge in [0.15, 0.2) is 0 Å². The van der Waals surface area contributed by atoms with Crippen LogP contribution in [-0.2, 0) is 6.61 Å². The minimum absolute atomic E-state index is 0.0817. The number of halogens is 1. The molecule has 1 aromatic carbocycles. The summed E-state index contributed by atoms with van der Waals surface area (Å²) in [5, 5.41) is 8.77. The van der Waals surface area contributed by atoms with Crippen molar-refractivity contribution in [2.24, 2.45) is 0 Å². The Morgan fingerprint density at radius 2 is 2.27 bits per heavy atom. The molecule has 0 radical (unpaired) electrons. The molecule has 1 rings (SSSR count). The molecular formula is C9H9FO. The lowest BCUT2D eigenvalue weighted by molar-refractivity contribution is 0.281. The van der Waals surface area contributed by atoms with Gasteiger partial charge in [-0.15, -0.1) is 0 Å². The topological polar surface area (TPSA) is 20.2 Å². The van der Waals surface area contributed by atoms with Crippen molar-refractivity contribution in [3.63, 3.8) is 0 Å². The molecule has 2 heteroatoms. The summed E-state index contributed by atoms with van der Waals surface area (Å²) in [5.74, 6) is -0.308. The van der Waals surface area contributed by atoms with Crippen molar-refractivity contribution in [3.8, 4) is 0 Å². The largest absolute Gasteiger partial charge is 0.392 e. The third-order valence-electron chi connectivity index (χ3n) is 1.50. The Labute approximate surface area is 64.8 Å². The summed E-state index contributed by atoms with van der Waals surface area (Å²) in [5.41, 5.74) is 1.34. The predicted molar refractivity (Wildman–Crippen MR) is 42.4 cm³/mol. The molecule has 0 aliphatic carbocycles. The number of aliphatic hydroxyl groups excluding tert-OH is 1. The molecule has 0 amide bonds. The van der Waals surface area contributed by atoms with Crippen LogP contribution in [0.3, 0.4) is 0 Å². The number of rotatable bonds is 2. The van der Waals surface area contributed by atoms with Crippen molar-refractivity contribution in [3.05, 3.63) is 41.7 Å². The minimum Gasteiger partial charge on any atom is -0.392 e. The van der Waals surface area contributed by atoms with Crippen molar-refractivity contribution < 1.29 is 9.50 Å². The minimum atomic E-state index is -0.308. The lowest BCUT2D eigenvalue weighted by atomic mass is 10.1. The van der Waals surface area contributed by atoms with Crippen LogP contribution >= 0.6 is 0 Å². The van der Waals surface area contributed by atoms with Gasteiger partial charge < -0.3 is 5.11 Å². The summed E-state index contributed by atoms with van der Waals surface area (Å²) >= 11 is 0. The average molecular weight is 152 g/mol. The van der Waals surface area contributed by atoms with Crippen LogP contribution in [0.5, 0.6) is 0 Å². The van der Waals surface area contributed by atoms with Gasteiger partial charge in [0.2, 0.25) is 0 Å². The van der Waals surface area contributed by atoms with E-state index in [9.17, 15) is 4.39 Å². The summed E-state index contributed by atoms with van der Waals surface area (Å²) < 4.78 is 12.5. The van der Waals surface area contributed by atoms with Gasteiger partial charge in [0.25, 0.3) is 0 Å². The summed E-state index contributed by atoms with van der Waals surface area (Å²) in [6.45, 7) is 3.42. The molecule has 0 atom stereocenters. The molecule has 0 heterocycles. The summed E-state index contributed by atoms with van der Waals surface area (Å²) in [6.07, 6.45) is 1.52. The lowest BCUT2D eigenvalue weighted by Gasteiger charge is -2.00. The third-order valence-corrected chi connectivity index (χ3v) is 1.50. The maximum Gasteiger partial charge on any atom is 0.123 e. The second kappa shape index (κ2) is 3.30. The molecule has 0 spiro atoms. The van der Waals surface area contributed by atoms with Crippen molar-refractivity contribution in [2.45, 2.75) is 6.61 Å². The molecular weight excluding hydrogens is 143 g/mol. The van der Waals surface area contributed by atoms with E-state index in [1.165, 1.54) is 18.2 Å². The van der Waals surface area contributed by atoms with Crippen LogP contribution in [0.1, 0.15) is 11.1 Å². The first-order valence-corrected chi connectivity index (χ1v) is 3.29. The van der Waals surface area contributed by atoms with Crippen LogP contribution in [0.4, 0.5) is 4.39 Å². The highest BCUT2D eigenvalue weighted by molar-refractivity contribution is 5.51. The van der Waals surface area contributed by atoms with Crippen molar-refractivity contribution in [2.75, 3.05) is 0 Å². The van der Waals surface area contributed by atoms with Crippen LogP contribution in [0, 0.1) is 5.82 Å². The summed E-state index contributed by atoms with van der Waals surface area (Å²) in [4.78, 5) is 0. The molecule has 0 saturated carbocycles. The number of hydrogen-bond donors (Lipinski definition) is 1. The maximum absolute atomic E-state index is 12.5. The summed E-state index contributed by atoms with van der Waals surface area (Å²) in [6, 6.07) is 4.21. The highest BCUT2D eigenvalue weighted by Gasteiger charge is 1.98. The van der Waals surface area contributed by atoms with Gasteiger partial charge in [0.05, 0.1) is 6.61 Å². The molecule has 1 aromatic rings. The van der Waals surface area contributed by atoms with Gasteiger partial charge in [0, 0.05) is 0 Å². The van der Waals surface area contributed by atoms with Gasteiger partial charge in [-0.25, -0.2) is 4.39 Å². The molecule has 58 valence electrons. The van der Waals surface area contributed by atoms with E-state index in [4.69, 9.17) is 5.11 Å². The van der Waals surface area contributed by atoms with E-state index in [2.05, 4.69) is 6.58 Å². The van der Waals surface area contributed by atoms with E-state index in [-0.39, 0.29) is 12.4 Å². The molecule has 0 fully saturated rings. The van der Waals surface area contributed by atoms with Crippen molar-refractivity contribution >= 4 is 6.08 Å². The van der Waals surface area contributed by atoms with Crippen LogP contribution in [0.2, 0.25) is 0 Å². The molecule has 0 bridgehead atoms. The average Bonchev–Trinajstić information content (AvgIpc) is 2.04. The highest BCUT2D eigenvalue weighted by atomic mass is 19.1. The summed E-state index contributed by atoms with van der Waals surface area (Å²) in [7, 11) is 0. The fourth-order valence-corrected chi connectivity index (χ4v) is 0.900. The number of benzene rings is 1. The Kier molecular flexibility index (Phi) is 2.39. The van der Waals surface area contributed by atoms with E-state index < -0.39 is 0 Å². The molecule has 0 aromatic heterocycles. The third kappa shape index (κ3) is 1.65. The molecule has 0 aliphatic heterocycles. The number of hydrogen-bond acceptors (Lipinski definition) is 1. The van der Waals surface area contributed by atoms with E-state index in [0.29, 0.717) is 11.1 Å². The highest BCUT2D eigenvalue weighted by Crippen LogP contribution is 2.11. The van der Waals surface area contributed by atoms with Gasteiger partial charge in [0.1, 0.15) is 5.82 Å². The molecule has 1 N–H and O–H groups in total.